The van der Waals surface area contributed by atoms with Crippen molar-refractivity contribution in [1.82, 2.24) is 4.31 Å². The van der Waals surface area contributed by atoms with Crippen molar-refractivity contribution < 1.29 is 17.6 Å². The molecular formula is C21H25ClFN3O3S2. The van der Waals surface area contributed by atoms with E-state index in [1.165, 1.54) is 19.2 Å². The normalized spacial score (nSPS) is 14.6. The molecule has 1 saturated heterocycles. The highest BCUT2D eigenvalue weighted by atomic mass is 35.5. The third-order valence-corrected chi connectivity index (χ3v) is 8.10. The van der Waals surface area contributed by atoms with Crippen molar-refractivity contribution in [1.29, 1.82) is 0 Å². The summed E-state index contributed by atoms with van der Waals surface area (Å²) < 4.78 is 39.2. The lowest BCUT2D eigenvalue weighted by Crippen LogP contribution is -2.32. The Kier molecular flexibility index (Phi) is 8.21. The van der Waals surface area contributed by atoms with Gasteiger partial charge in [-0.15, -0.1) is 0 Å². The van der Waals surface area contributed by atoms with Crippen LogP contribution >= 0.6 is 23.4 Å². The molecule has 0 bridgehead atoms. The van der Waals surface area contributed by atoms with Gasteiger partial charge in [-0.2, -0.15) is 11.8 Å². The number of benzene rings is 2. The van der Waals surface area contributed by atoms with E-state index in [1.807, 2.05) is 23.9 Å². The van der Waals surface area contributed by atoms with Crippen LogP contribution in [-0.4, -0.2) is 56.8 Å². The average molecular weight is 486 g/mol. The summed E-state index contributed by atoms with van der Waals surface area (Å²) in [5.41, 5.74) is 1.57. The van der Waals surface area contributed by atoms with Crippen LogP contribution in [0.2, 0.25) is 5.02 Å². The number of sulfonamides is 1. The lowest BCUT2D eigenvalue weighted by Gasteiger charge is -2.29. The minimum absolute atomic E-state index is 0.0166. The Hall–Kier alpha value is -1.81. The summed E-state index contributed by atoms with van der Waals surface area (Å²) in [4.78, 5) is 14.5. The molecule has 1 aliphatic rings. The number of nitrogens with zero attached hydrogens (tertiary/aromatic N) is 2. The molecule has 1 amide bonds. The van der Waals surface area contributed by atoms with Crippen molar-refractivity contribution in [3.63, 3.8) is 0 Å². The molecule has 1 N–H and O–H groups in total. The zero-order valence-electron chi connectivity index (χ0n) is 17.2. The topological polar surface area (TPSA) is 69.7 Å². The Bertz CT molecular complexity index is 1010. The van der Waals surface area contributed by atoms with Gasteiger partial charge in [0.1, 0.15) is 5.82 Å². The van der Waals surface area contributed by atoms with E-state index in [9.17, 15) is 17.6 Å². The highest BCUT2D eigenvalue weighted by Crippen LogP contribution is 2.30. The first-order valence-corrected chi connectivity index (χ1v) is 12.9. The zero-order chi connectivity index (χ0) is 22.4. The monoisotopic (exact) mass is 485 g/mol. The maximum Gasteiger partial charge on any atom is 0.242 e. The van der Waals surface area contributed by atoms with Gasteiger partial charge in [0, 0.05) is 50.3 Å². The number of carbonyl (C=O) groups excluding carboxylic acids is 1. The van der Waals surface area contributed by atoms with E-state index in [-0.39, 0.29) is 23.8 Å². The molecule has 31 heavy (non-hydrogen) atoms. The van der Waals surface area contributed by atoms with Gasteiger partial charge in [0.15, 0.2) is 0 Å². The molecule has 0 unspecified atom stereocenters. The van der Waals surface area contributed by atoms with E-state index in [2.05, 4.69) is 10.2 Å². The fourth-order valence-corrected chi connectivity index (χ4v) is 5.65. The van der Waals surface area contributed by atoms with Gasteiger partial charge in [0.2, 0.25) is 15.9 Å². The second kappa shape index (κ2) is 10.7. The molecule has 3 rings (SSSR count). The third kappa shape index (κ3) is 6.35. The van der Waals surface area contributed by atoms with Crippen LogP contribution in [0.4, 0.5) is 15.8 Å². The van der Waals surface area contributed by atoms with Crippen molar-refractivity contribution in [2.24, 2.45) is 0 Å². The quantitative estimate of drug-likeness (QED) is 0.610. The van der Waals surface area contributed by atoms with Crippen LogP contribution in [0.5, 0.6) is 0 Å². The molecule has 2 aromatic rings. The summed E-state index contributed by atoms with van der Waals surface area (Å²) in [6, 6.07) is 10.1. The predicted octanol–water partition coefficient (Wildman–Crippen LogP) is 4.07. The van der Waals surface area contributed by atoms with E-state index in [1.54, 1.807) is 6.07 Å². The SMILES string of the molecule is CN(CCCC(=O)Nc1ccc(N2CCSCC2)c(Cl)c1)S(=O)(=O)c1ccc(F)cc1. The minimum Gasteiger partial charge on any atom is -0.369 e. The van der Waals surface area contributed by atoms with Crippen LogP contribution in [0.3, 0.4) is 0 Å². The zero-order valence-corrected chi connectivity index (χ0v) is 19.6. The molecule has 0 saturated carbocycles. The van der Waals surface area contributed by atoms with Crippen LogP contribution in [-0.2, 0) is 14.8 Å². The van der Waals surface area contributed by atoms with Gasteiger partial charge in [-0.05, 0) is 48.9 Å². The number of rotatable bonds is 8. The van der Waals surface area contributed by atoms with Crippen molar-refractivity contribution in [2.75, 3.05) is 48.4 Å². The molecular weight excluding hydrogens is 461 g/mol. The number of halogens is 2. The Labute approximate surface area is 191 Å². The molecule has 1 fully saturated rings. The number of nitrogens with one attached hydrogen (secondary N) is 1. The number of hydrogen-bond acceptors (Lipinski definition) is 5. The molecule has 168 valence electrons. The number of anilines is 2. The summed E-state index contributed by atoms with van der Waals surface area (Å²) in [5, 5.41) is 3.40. The minimum atomic E-state index is -3.72. The number of hydrogen-bond donors (Lipinski definition) is 1. The van der Waals surface area contributed by atoms with Crippen molar-refractivity contribution in [3.8, 4) is 0 Å². The molecule has 2 aromatic carbocycles. The fourth-order valence-electron chi connectivity index (χ4n) is 3.24. The highest BCUT2D eigenvalue weighted by molar-refractivity contribution is 7.99. The van der Waals surface area contributed by atoms with Gasteiger partial charge in [0.25, 0.3) is 0 Å². The van der Waals surface area contributed by atoms with Crippen LogP contribution in [0.25, 0.3) is 0 Å². The van der Waals surface area contributed by atoms with Gasteiger partial charge < -0.3 is 10.2 Å². The van der Waals surface area contributed by atoms with Gasteiger partial charge in [-0.25, -0.2) is 17.1 Å². The summed E-state index contributed by atoms with van der Waals surface area (Å²) in [5.74, 6) is 1.42. The summed E-state index contributed by atoms with van der Waals surface area (Å²) in [6.45, 7) is 2.06. The van der Waals surface area contributed by atoms with Gasteiger partial charge in [-0.1, -0.05) is 11.6 Å². The van der Waals surface area contributed by atoms with Gasteiger partial charge in [-0.3, -0.25) is 4.79 Å². The second-order valence-corrected chi connectivity index (χ2v) is 10.9. The Balaban J connectivity index is 1.49. The first-order valence-electron chi connectivity index (χ1n) is 9.91. The molecule has 0 radical (unpaired) electrons. The Morgan fingerprint density at radius 3 is 2.52 bits per heavy atom. The van der Waals surface area contributed by atoms with Crippen molar-refractivity contribution in [3.05, 3.63) is 53.3 Å². The molecule has 1 aliphatic heterocycles. The first kappa shape index (κ1) is 23.8. The van der Waals surface area contributed by atoms with Crippen LogP contribution in [0.15, 0.2) is 47.4 Å². The van der Waals surface area contributed by atoms with Gasteiger partial charge in [0.05, 0.1) is 15.6 Å². The summed E-state index contributed by atoms with van der Waals surface area (Å²) in [6.07, 6.45) is 0.506. The van der Waals surface area contributed by atoms with E-state index in [0.717, 1.165) is 46.7 Å². The van der Waals surface area contributed by atoms with Gasteiger partial charge >= 0.3 is 0 Å². The lowest BCUT2D eigenvalue weighted by atomic mass is 10.2. The Morgan fingerprint density at radius 2 is 1.87 bits per heavy atom. The van der Waals surface area contributed by atoms with Crippen LogP contribution in [0, 0.1) is 5.82 Å². The maximum absolute atomic E-state index is 13.0. The maximum atomic E-state index is 13.0. The number of carbonyl (C=O) groups is 1. The molecule has 0 aliphatic carbocycles. The Morgan fingerprint density at radius 1 is 1.19 bits per heavy atom. The molecule has 0 atom stereocenters. The van der Waals surface area contributed by atoms with E-state index in [4.69, 9.17) is 11.6 Å². The smallest absolute Gasteiger partial charge is 0.242 e. The largest absolute Gasteiger partial charge is 0.369 e. The second-order valence-electron chi connectivity index (χ2n) is 7.20. The third-order valence-electron chi connectivity index (χ3n) is 4.98. The number of amides is 1. The fraction of sp³-hybridized carbons (Fsp3) is 0.381. The van der Waals surface area contributed by atoms with Crippen LogP contribution < -0.4 is 10.2 Å². The van der Waals surface area contributed by atoms with E-state index < -0.39 is 15.8 Å². The summed E-state index contributed by atoms with van der Waals surface area (Å²) >= 11 is 8.34. The molecule has 10 heteroatoms. The molecule has 1 heterocycles. The average Bonchev–Trinajstić information content (AvgIpc) is 2.74. The van der Waals surface area contributed by atoms with Crippen LogP contribution in [0.1, 0.15) is 12.8 Å². The van der Waals surface area contributed by atoms with Crippen molar-refractivity contribution >= 4 is 50.7 Å². The summed E-state index contributed by atoms with van der Waals surface area (Å²) in [7, 11) is -2.28. The van der Waals surface area contributed by atoms with E-state index in [0.29, 0.717) is 17.1 Å². The molecule has 0 aromatic heterocycles. The highest BCUT2D eigenvalue weighted by Gasteiger charge is 2.21. The molecule has 0 spiro atoms. The lowest BCUT2D eigenvalue weighted by molar-refractivity contribution is -0.116. The number of thioether (sulfide) groups is 1. The standard InChI is InChI=1S/C21H25ClFN3O3S2/c1-25(31(28,29)18-7-4-16(23)5-8-18)10-2-3-21(27)24-17-6-9-20(19(22)15-17)26-11-13-30-14-12-26/h4-9,15H,2-3,10-14H2,1H3,(H,24,27). The van der Waals surface area contributed by atoms with Crippen molar-refractivity contribution in [2.45, 2.75) is 17.7 Å². The van der Waals surface area contributed by atoms with E-state index >= 15 is 0 Å². The first-order chi connectivity index (χ1) is 14.8. The predicted molar refractivity (Wildman–Crippen MR) is 125 cm³/mol. The molecule has 6 nitrogen and oxygen atoms in total.